The Kier molecular flexibility index (Phi) is 6.46. The number of hydrogen-bond donors (Lipinski definition) is 1. The van der Waals surface area contributed by atoms with Gasteiger partial charge in [-0.2, -0.15) is 0 Å². The molecule has 0 radical (unpaired) electrons. The molecule has 0 fully saturated rings. The topological polar surface area (TPSA) is 34.2 Å². The fourth-order valence-electron chi connectivity index (χ4n) is 3.90. The van der Waals surface area contributed by atoms with Crippen molar-refractivity contribution in [2.75, 3.05) is 19.0 Å². The molecule has 0 aliphatic rings. The molecule has 0 atom stereocenters. The molecule has 0 aliphatic heterocycles. The van der Waals surface area contributed by atoms with Gasteiger partial charge in [0.2, 0.25) is 0 Å². The van der Waals surface area contributed by atoms with Crippen molar-refractivity contribution in [1.82, 2.24) is 4.98 Å². The van der Waals surface area contributed by atoms with Crippen LogP contribution in [0.4, 0.5) is 10.1 Å². The zero-order valence-corrected chi connectivity index (χ0v) is 18.0. The van der Waals surface area contributed by atoms with E-state index in [0.29, 0.717) is 12.0 Å². The third-order valence-electron chi connectivity index (χ3n) is 5.63. The number of anilines is 1. The zero-order valence-electron chi connectivity index (χ0n) is 18.0. The number of nitrogens with one attached hydrogen (secondary N) is 1. The molecule has 1 aromatic heterocycles. The van der Waals surface area contributed by atoms with Crippen LogP contribution in [0, 0.1) is 5.82 Å². The monoisotopic (exact) mass is 414 g/mol. The number of halogens is 1. The number of ether oxygens (including phenoxy) is 1. The van der Waals surface area contributed by atoms with E-state index in [-0.39, 0.29) is 5.82 Å². The standard InChI is InChI=1S/C27H27FN2O/c1-3-20-16-26-24(18-27(20)31-2)21(12-14-30-26)15-22-9-10-23(17-25(22)28)29-13-11-19-7-5-4-6-8-19/h4-10,12,14,16-18,29H,3,11,13,15H2,1-2H3. The maximum atomic E-state index is 14.9. The first-order chi connectivity index (χ1) is 15.2. The highest BCUT2D eigenvalue weighted by Crippen LogP contribution is 2.29. The quantitative estimate of drug-likeness (QED) is 0.373. The molecular formula is C27H27FN2O. The van der Waals surface area contributed by atoms with Gasteiger partial charge in [-0.05, 0) is 65.4 Å². The van der Waals surface area contributed by atoms with Crippen molar-refractivity contribution in [2.45, 2.75) is 26.2 Å². The Morgan fingerprint density at radius 2 is 1.77 bits per heavy atom. The molecule has 31 heavy (non-hydrogen) atoms. The Morgan fingerprint density at radius 1 is 0.935 bits per heavy atom. The lowest BCUT2D eigenvalue weighted by Crippen LogP contribution is -2.05. The molecule has 0 bridgehead atoms. The summed E-state index contributed by atoms with van der Waals surface area (Å²) in [5, 5.41) is 4.32. The summed E-state index contributed by atoms with van der Waals surface area (Å²) in [5.74, 6) is 0.648. The Labute approximate surface area is 182 Å². The number of fused-ring (bicyclic) bond motifs is 1. The van der Waals surface area contributed by atoms with E-state index in [1.807, 2.05) is 42.5 Å². The minimum atomic E-state index is -0.202. The molecule has 4 heteroatoms. The Hall–Kier alpha value is -3.40. The molecule has 0 unspecified atom stereocenters. The van der Waals surface area contributed by atoms with Crippen LogP contribution in [0.15, 0.2) is 72.9 Å². The number of aryl methyl sites for hydroxylation is 1. The number of pyridine rings is 1. The largest absolute Gasteiger partial charge is 0.496 e. The Morgan fingerprint density at radius 3 is 2.52 bits per heavy atom. The molecule has 0 saturated carbocycles. The van der Waals surface area contributed by atoms with Crippen LogP contribution in [0.1, 0.15) is 29.2 Å². The lowest BCUT2D eigenvalue weighted by atomic mass is 9.98. The first kappa shape index (κ1) is 20.9. The highest BCUT2D eigenvalue weighted by Gasteiger charge is 2.11. The van der Waals surface area contributed by atoms with Gasteiger partial charge in [-0.3, -0.25) is 4.98 Å². The van der Waals surface area contributed by atoms with Gasteiger partial charge < -0.3 is 10.1 Å². The van der Waals surface area contributed by atoms with Crippen LogP contribution in [0.3, 0.4) is 0 Å². The maximum Gasteiger partial charge on any atom is 0.128 e. The molecule has 0 spiro atoms. The van der Waals surface area contributed by atoms with Gasteiger partial charge in [-0.15, -0.1) is 0 Å². The van der Waals surface area contributed by atoms with Crippen molar-refractivity contribution < 1.29 is 9.13 Å². The van der Waals surface area contributed by atoms with Gasteiger partial charge in [0.05, 0.1) is 12.6 Å². The molecule has 1 heterocycles. The average molecular weight is 415 g/mol. The summed E-state index contributed by atoms with van der Waals surface area (Å²) in [6.07, 6.45) is 4.07. The smallest absolute Gasteiger partial charge is 0.128 e. The number of nitrogens with zero attached hydrogens (tertiary/aromatic N) is 1. The van der Waals surface area contributed by atoms with E-state index in [4.69, 9.17) is 4.74 Å². The van der Waals surface area contributed by atoms with E-state index >= 15 is 0 Å². The number of benzene rings is 3. The number of rotatable bonds is 8. The lowest BCUT2D eigenvalue weighted by Gasteiger charge is -2.13. The zero-order chi connectivity index (χ0) is 21.6. The van der Waals surface area contributed by atoms with Crippen LogP contribution in [0.2, 0.25) is 0 Å². The fourth-order valence-corrected chi connectivity index (χ4v) is 3.90. The molecule has 3 aromatic carbocycles. The van der Waals surface area contributed by atoms with Crippen molar-refractivity contribution in [3.05, 3.63) is 101 Å². The normalized spacial score (nSPS) is 10.9. The third kappa shape index (κ3) is 4.85. The Bertz CT molecular complexity index is 1170. The minimum absolute atomic E-state index is 0.202. The molecule has 0 amide bonds. The molecular weight excluding hydrogens is 387 g/mol. The molecule has 1 N–H and O–H groups in total. The summed E-state index contributed by atoms with van der Waals surface area (Å²) in [5.41, 5.74) is 5.80. The summed E-state index contributed by atoms with van der Waals surface area (Å²) in [6, 6.07) is 21.7. The van der Waals surface area contributed by atoms with Gasteiger partial charge in [0.15, 0.2) is 0 Å². The SMILES string of the molecule is CCc1cc2nccc(Cc3ccc(NCCc4ccccc4)cc3F)c2cc1OC. The minimum Gasteiger partial charge on any atom is -0.496 e. The van der Waals surface area contributed by atoms with Crippen LogP contribution < -0.4 is 10.1 Å². The highest BCUT2D eigenvalue weighted by molar-refractivity contribution is 5.85. The van der Waals surface area contributed by atoms with Crippen LogP contribution >= 0.6 is 0 Å². The van der Waals surface area contributed by atoms with E-state index in [2.05, 4.69) is 35.4 Å². The molecule has 3 nitrogen and oxygen atoms in total. The van der Waals surface area contributed by atoms with Crippen molar-refractivity contribution in [3.8, 4) is 5.75 Å². The molecule has 158 valence electrons. The van der Waals surface area contributed by atoms with Crippen molar-refractivity contribution in [3.63, 3.8) is 0 Å². The summed E-state index contributed by atoms with van der Waals surface area (Å²) >= 11 is 0. The molecule has 4 rings (SSSR count). The molecule has 4 aromatic rings. The van der Waals surface area contributed by atoms with Crippen molar-refractivity contribution in [1.29, 1.82) is 0 Å². The number of methoxy groups -OCH3 is 1. The van der Waals surface area contributed by atoms with E-state index < -0.39 is 0 Å². The van der Waals surface area contributed by atoms with Gasteiger partial charge in [0.25, 0.3) is 0 Å². The second-order valence-electron chi connectivity index (χ2n) is 7.65. The van der Waals surface area contributed by atoms with Crippen LogP contribution in [-0.4, -0.2) is 18.6 Å². The predicted octanol–water partition coefficient (Wildman–Crippen LogP) is 6.19. The Balaban J connectivity index is 1.51. The van der Waals surface area contributed by atoms with Gasteiger partial charge in [0.1, 0.15) is 11.6 Å². The number of hydrogen-bond acceptors (Lipinski definition) is 3. The van der Waals surface area contributed by atoms with Crippen molar-refractivity contribution in [2.24, 2.45) is 0 Å². The third-order valence-corrected chi connectivity index (χ3v) is 5.63. The fraction of sp³-hybridized carbons (Fsp3) is 0.222. The maximum absolute atomic E-state index is 14.9. The molecule has 0 aliphatic carbocycles. The molecule has 0 saturated heterocycles. The van der Waals surface area contributed by atoms with Crippen LogP contribution in [0.5, 0.6) is 5.75 Å². The van der Waals surface area contributed by atoms with Gasteiger partial charge in [0, 0.05) is 30.2 Å². The van der Waals surface area contributed by atoms with Crippen LogP contribution in [0.25, 0.3) is 10.9 Å². The highest BCUT2D eigenvalue weighted by atomic mass is 19.1. The van der Waals surface area contributed by atoms with E-state index in [0.717, 1.165) is 52.9 Å². The summed E-state index contributed by atoms with van der Waals surface area (Å²) in [7, 11) is 1.68. The van der Waals surface area contributed by atoms with E-state index in [1.165, 1.54) is 5.56 Å². The second-order valence-corrected chi connectivity index (χ2v) is 7.65. The summed E-state index contributed by atoms with van der Waals surface area (Å²) in [6.45, 7) is 2.86. The van der Waals surface area contributed by atoms with Gasteiger partial charge >= 0.3 is 0 Å². The van der Waals surface area contributed by atoms with Crippen LogP contribution in [-0.2, 0) is 19.3 Å². The summed E-state index contributed by atoms with van der Waals surface area (Å²) in [4.78, 5) is 4.50. The second kappa shape index (κ2) is 9.61. The van der Waals surface area contributed by atoms with Gasteiger partial charge in [-0.1, -0.05) is 43.3 Å². The van der Waals surface area contributed by atoms with Crippen molar-refractivity contribution >= 4 is 16.6 Å². The summed E-state index contributed by atoms with van der Waals surface area (Å²) < 4.78 is 20.4. The first-order valence-electron chi connectivity index (χ1n) is 10.7. The number of aromatic nitrogens is 1. The predicted molar refractivity (Wildman–Crippen MR) is 126 cm³/mol. The first-order valence-corrected chi connectivity index (χ1v) is 10.7. The lowest BCUT2D eigenvalue weighted by molar-refractivity contribution is 0.411. The van der Waals surface area contributed by atoms with E-state index in [1.54, 1.807) is 19.4 Å². The van der Waals surface area contributed by atoms with E-state index in [9.17, 15) is 4.39 Å². The van der Waals surface area contributed by atoms with Gasteiger partial charge in [-0.25, -0.2) is 4.39 Å². The average Bonchev–Trinajstić information content (AvgIpc) is 2.80.